The van der Waals surface area contributed by atoms with Crippen molar-refractivity contribution in [2.75, 3.05) is 13.7 Å². The van der Waals surface area contributed by atoms with Crippen molar-refractivity contribution in [1.29, 1.82) is 0 Å². The Morgan fingerprint density at radius 2 is 2.07 bits per heavy atom. The van der Waals surface area contributed by atoms with Gasteiger partial charge in [0.25, 0.3) is 5.91 Å². The number of nitrogens with one attached hydrogen (secondary N) is 1. The molecule has 1 aliphatic rings. The van der Waals surface area contributed by atoms with Gasteiger partial charge in [-0.25, -0.2) is 0 Å². The van der Waals surface area contributed by atoms with Gasteiger partial charge >= 0.3 is 0 Å². The maximum Gasteiger partial charge on any atom is 0.252 e. The number of amides is 1. The molecule has 1 fully saturated rings. The van der Waals surface area contributed by atoms with Gasteiger partial charge in [0.1, 0.15) is 5.54 Å². The molecule has 2 aromatic rings. The fraction of sp³-hybridized carbons (Fsp3) is 0.571. The number of carbonyl (C=O) groups excluding carboxylic acids is 1. The molecule has 0 atom stereocenters. The second-order valence-electron chi connectivity index (χ2n) is 7.90. The summed E-state index contributed by atoms with van der Waals surface area (Å²) in [6, 6.07) is 3.25. The Kier molecular flexibility index (Phi) is 6.67. The smallest absolute Gasteiger partial charge is 0.252 e. The van der Waals surface area contributed by atoms with Gasteiger partial charge in [0, 0.05) is 12.5 Å². The number of ether oxygens (including phenoxy) is 2. The Morgan fingerprint density at radius 1 is 1.34 bits per heavy atom. The fourth-order valence-corrected chi connectivity index (χ4v) is 3.82. The molecule has 0 bridgehead atoms. The number of aromatic nitrogens is 2. The highest BCUT2D eigenvalue weighted by atomic mass is 35.5. The summed E-state index contributed by atoms with van der Waals surface area (Å²) < 4.78 is 16.4. The summed E-state index contributed by atoms with van der Waals surface area (Å²) in [4.78, 5) is 17.4. The molecule has 0 unspecified atom stereocenters. The number of halogens is 1. The van der Waals surface area contributed by atoms with Crippen molar-refractivity contribution >= 4 is 17.5 Å². The second kappa shape index (κ2) is 9.03. The maximum atomic E-state index is 13.1. The van der Waals surface area contributed by atoms with Crippen LogP contribution in [0, 0.1) is 12.8 Å². The Morgan fingerprint density at radius 3 is 2.66 bits per heavy atom. The number of carbonyl (C=O) groups is 1. The van der Waals surface area contributed by atoms with E-state index in [1.54, 1.807) is 19.1 Å². The van der Waals surface area contributed by atoms with Crippen LogP contribution in [0.2, 0.25) is 5.02 Å². The molecule has 1 heterocycles. The minimum Gasteiger partial charge on any atom is -0.493 e. The molecule has 3 rings (SSSR count). The lowest BCUT2D eigenvalue weighted by molar-refractivity contribution is 0.0891. The summed E-state index contributed by atoms with van der Waals surface area (Å²) in [6.07, 6.45) is 4.40. The van der Waals surface area contributed by atoms with E-state index in [1.807, 2.05) is 0 Å². The zero-order chi connectivity index (χ0) is 21.0. The van der Waals surface area contributed by atoms with Crippen molar-refractivity contribution in [2.45, 2.75) is 58.4 Å². The van der Waals surface area contributed by atoms with Crippen molar-refractivity contribution < 1.29 is 18.8 Å². The molecule has 1 aromatic carbocycles. The third-order valence-corrected chi connectivity index (χ3v) is 5.48. The Hall–Kier alpha value is -2.28. The van der Waals surface area contributed by atoms with Gasteiger partial charge < -0.3 is 19.3 Å². The molecule has 0 spiro atoms. The summed E-state index contributed by atoms with van der Waals surface area (Å²) >= 11 is 6.42. The number of rotatable bonds is 8. The average molecular weight is 422 g/mol. The highest BCUT2D eigenvalue weighted by Crippen LogP contribution is 2.39. The highest BCUT2D eigenvalue weighted by Gasteiger charge is 2.41. The molecule has 158 valence electrons. The molecular formula is C21H28ClN3O4. The molecule has 1 amide bonds. The van der Waals surface area contributed by atoms with Crippen molar-refractivity contribution in [1.82, 2.24) is 15.5 Å². The van der Waals surface area contributed by atoms with Crippen molar-refractivity contribution in [3.05, 3.63) is 34.4 Å². The molecule has 1 aliphatic carbocycles. The van der Waals surface area contributed by atoms with Crippen molar-refractivity contribution in [3.8, 4) is 11.5 Å². The SMILES string of the molecule is COc1cc(C(=O)NC2(c3noc(C)n3)CCCC2)cc(Cl)c1OCCC(C)C. The first kappa shape index (κ1) is 21.4. The Bertz CT molecular complexity index is 860. The molecule has 0 saturated heterocycles. The van der Waals surface area contributed by atoms with E-state index in [-0.39, 0.29) is 5.91 Å². The molecule has 0 aliphatic heterocycles. The van der Waals surface area contributed by atoms with Gasteiger partial charge in [0.2, 0.25) is 5.89 Å². The molecule has 1 N–H and O–H groups in total. The van der Waals surface area contributed by atoms with Crippen LogP contribution in [0.1, 0.15) is 68.0 Å². The van der Waals surface area contributed by atoms with E-state index in [9.17, 15) is 4.79 Å². The molecular weight excluding hydrogens is 394 g/mol. The quantitative estimate of drug-likeness (QED) is 0.666. The van der Waals surface area contributed by atoms with Crippen LogP contribution in [0.4, 0.5) is 0 Å². The van der Waals surface area contributed by atoms with E-state index in [4.69, 9.17) is 25.6 Å². The number of hydrogen-bond acceptors (Lipinski definition) is 6. The van der Waals surface area contributed by atoms with Crippen LogP contribution in [0.5, 0.6) is 11.5 Å². The normalized spacial score (nSPS) is 15.5. The lowest BCUT2D eigenvalue weighted by atomic mass is 9.95. The van der Waals surface area contributed by atoms with Gasteiger partial charge in [-0.15, -0.1) is 0 Å². The summed E-state index contributed by atoms with van der Waals surface area (Å²) in [5.74, 6) is 2.14. The van der Waals surface area contributed by atoms with Crippen LogP contribution in [0.3, 0.4) is 0 Å². The lowest BCUT2D eigenvalue weighted by Crippen LogP contribution is -2.44. The standard InChI is InChI=1S/C21H28ClN3O4/c1-13(2)7-10-28-18-16(22)11-15(12-17(18)27-4)19(26)24-21(8-5-6-9-21)20-23-14(3)29-25-20/h11-13H,5-10H2,1-4H3,(H,24,26). The number of nitrogens with zero attached hydrogens (tertiary/aromatic N) is 2. The summed E-state index contributed by atoms with van der Waals surface area (Å²) in [5.41, 5.74) is -0.226. The van der Waals surface area contributed by atoms with Crippen LogP contribution in [0.25, 0.3) is 0 Å². The second-order valence-corrected chi connectivity index (χ2v) is 8.31. The predicted molar refractivity (Wildman–Crippen MR) is 110 cm³/mol. The fourth-order valence-electron chi connectivity index (χ4n) is 3.55. The third kappa shape index (κ3) is 4.83. The average Bonchev–Trinajstić information content (AvgIpc) is 3.32. The van der Waals surface area contributed by atoms with Gasteiger partial charge in [-0.1, -0.05) is 43.4 Å². The summed E-state index contributed by atoms with van der Waals surface area (Å²) in [5, 5.41) is 7.52. The van der Waals surface area contributed by atoms with Crippen LogP contribution in [-0.2, 0) is 5.54 Å². The first-order valence-corrected chi connectivity index (χ1v) is 10.4. The maximum absolute atomic E-state index is 13.1. The zero-order valence-corrected chi connectivity index (χ0v) is 18.1. The van der Waals surface area contributed by atoms with E-state index < -0.39 is 5.54 Å². The van der Waals surface area contributed by atoms with Crippen LogP contribution in [-0.4, -0.2) is 29.8 Å². The van der Waals surface area contributed by atoms with E-state index in [0.29, 0.717) is 46.3 Å². The number of benzene rings is 1. The lowest BCUT2D eigenvalue weighted by Gasteiger charge is -2.27. The summed E-state index contributed by atoms with van der Waals surface area (Å²) in [6.45, 7) is 6.52. The van der Waals surface area contributed by atoms with Gasteiger partial charge in [-0.05, 0) is 37.3 Å². The molecule has 1 saturated carbocycles. The highest BCUT2D eigenvalue weighted by molar-refractivity contribution is 6.32. The monoisotopic (exact) mass is 421 g/mol. The van der Waals surface area contributed by atoms with E-state index in [2.05, 4.69) is 29.3 Å². The van der Waals surface area contributed by atoms with E-state index in [1.165, 1.54) is 7.11 Å². The van der Waals surface area contributed by atoms with Crippen LogP contribution in [0.15, 0.2) is 16.7 Å². The van der Waals surface area contributed by atoms with Gasteiger partial charge in [0.05, 0.1) is 18.7 Å². The molecule has 7 nitrogen and oxygen atoms in total. The largest absolute Gasteiger partial charge is 0.493 e. The first-order chi connectivity index (χ1) is 13.8. The Labute approximate surface area is 176 Å². The first-order valence-electron chi connectivity index (χ1n) is 9.98. The molecule has 1 aromatic heterocycles. The predicted octanol–water partition coefficient (Wildman–Crippen LogP) is 4.66. The van der Waals surface area contributed by atoms with Gasteiger partial charge in [-0.2, -0.15) is 4.98 Å². The zero-order valence-electron chi connectivity index (χ0n) is 17.4. The topological polar surface area (TPSA) is 86.5 Å². The number of hydrogen-bond donors (Lipinski definition) is 1. The molecule has 29 heavy (non-hydrogen) atoms. The van der Waals surface area contributed by atoms with Crippen LogP contribution >= 0.6 is 11.6 Å². The minimum absolute atomic E-state index is 0.261. The van der Waals surface area contributed by atoms with Crippen molar-refractivity contribution in [3.63, 3.8) is 0 Å². The van der Waals surface area contributed by atoms with Crippen LogP contribution < -0.4 is 14.8 Å². The summed E-state index contributed by atoms with van der Waals surface area (Å²) in [7, 11) is 1.53. The van der Waals surface area contributed by atoms with E-state index in [0.717, 1.165) is 32.1 Å². The molecule has 0 radical (unpaired) electrons. The molecule has 8 heteroatoms. The third-order valence-electron chi connectivity index (χ3n) is 5.20. The van der Waals surface area contributed by atoms with Crippen molar-refractivity contribution in [2.24, 2.45) is 5.92 Å². The number of methoxy groups -OCH3 is 1. The minimum atomic E-state index is -0.624. The van der Waals surface area contributed by atoms with Gasteiger partial charge in [0.15, 0.2) is 17.3 Å². The Balaban J connectivity index is 1.82. The van der Waals surface area contributed by atoms with E-state index >= 15 is 0 Å². The van der Waals surface area contributed by atoms with Gasteiger partial charge in [-0.3, -0.25) is 4.79 Å². The number of aryl methyl sites for hydroxylation is 1.